The van der Waals surface area contributed by atoms with E-state index in [1.807, 2.05) is 0 Å². The van der Waals surface area contributed by atoms with E-state index in [-0.39, 0.29) is 15.5 Å². The zero-order valence-corrected chi connectivity index (χ0v) is 12.9. The Balaban J connectivity index is 2.49. The van der Waals surface area contributed by atoms with Gasteiger partial charge in [-0.25, -0.2) is 4.79 Å². The van der Waals surface area contributed by atoms with Crippen molar-refractivity contribution in [3.63, 3.8) is 0 Å². The lowest BCUT2D eigenvalue weighted by atomic mass is 10.2. The standard InChI is InChI=1S/C14H11F3N2O3S/c1-8-6-11(13(20)22-2)12(19-18-8)23(21)10-5-3-4-9(7-10)14(15,16)17/h3-7H,1-2H3/t23-/m0/s1. The second-order valence-electron chi connectivity index (χ2n) is 4.49. The molecule has 23 heavy (non-hydrogen) atoms. The third-order valence-electron chi connectivity index (χ3n) is 2.84. The van der Waals surface area contributed by atoms with Crippen LogP contribution >= 0.6 is 0 Å². The number of carbonyl (C=O) groups excluding carboxylic acids is 1. The highest BCUT2D eigenvalue weighted by molar-refractivity contribution is 7.91. The third kappa shape index (κ3) is 3.80. The molecule has 1 atom stereocenters. The van der Waals surface area contributed by atoms with Crippen molar-refractivity contribution in [3.05, 3.63) is 47.2 Å². The number of ether oxygens (including phenoxy) is 1. The molecule has 0 radical (unpaired) electrons. The first-order valence-corrected chi connectivity index (χ1v) is 7.40. The summed E-state index contributed by atoms with van der Waals surface area (Å²) in [6.07, 6.45) is -4.57. The Labute approximate surface area is 132 Å². The number of nitrogens with zero attached hydrogens (tertiary/aromatic N) is 2. The van der Waals surface area contributed by atoms with E-state index in [9.17, 15) is 22.5 Å². The van der Waals surface area contributed by atoms with Gasteiger partial charge in [-0.1, -0.05) is 11.2 Å². The zero-order chi connectivity index (χ0) is 17.2. The van der Waals surface area contributed by atoms with E-state index in [1.54, 1.807) is 6.92 Å². The molecule has 0 aliphatic heterocycles. The van der Waals surface area contributed by atoms with Gasteiger partial charge in [0.15, 0.2) is 4.90 Å². The monoisotopic (exact) mass is 344 g/mol. The van der Waals surface area contributed by atoms with Crippen molar-refractivity contribution < 1.29 is 27.3 Å². The Morgan fingerprint density at radius 2 is 1.96 bits per heavy atom. The molecule has 0 saturated heterocycles. The zero-order valence-electron chi connectivity index (χ0n) is 12.0. The summed E-state index contributed by atoms with van der Waals surface area (Å²) in [6, 6.07) is 5.32. The highest BCUT2D eigenvalue weighted by Crippen LogP contribution is 2.32. The maximum atomic E-state index is 12.7. The van der Waals surface area contributed by atoms with Crippen LogP contribution in [0.25, 0.3) is 0 Å². The Morgan fingerprint density at radius 3 is 2.57 bits per heavy atom. The van der Waals surface area contributed by atoms with Crippen LogP contribution in [0.1, 0.15) is 21.6 Å². The van der Waals surface area contributed by atoms with Gasteiger partial charge >= 0.3 is 12.1 Å². The van der Waals surface area contributed by atoms with Gasteiger partial charge in [0, 0.05) is 17.2 Å². The van der Waals surface area contributed by atoms with Gasteiger partial charge in [0.05, 0.1) is 18.4 Å². The van der Waals surface area contributed by atoms with Gasteiger partial charge in [-0.3, -0.25) is 0 Å². The van der Waals surface area contributed by atoms with Crippen LogP contribution in [0.4, 0.5) is 13.2 Å². The van der Waals surface area contributed by atoms with E-state index in [2.05, 4.69) is 14.9 Å². The largest absolute Gasteiger partial charge is 0.605 e. The summed E-state index contributed by atoms with van der Waals surface area (Å²) in [4.78, 5) is 11.6. The van der Waals surface area contributed by atoms with E-state index in [4.69, 9.17) is 0 Å². The summed E-state index contributed by atoms with van der Waals surface area (Å²) in [6.45, 7) is 1.57. The fourth-order valence-corrected chi connectivity index (χ4v) is 2.89. The molecule has 1 heterocycles. The SMILES string of the molecule is COC(=O)c1cc(C)nnc1[S@@+]([O-])c1cccc(C(F)(F)F)c1. The number of benzene rings is 1. The number of aryl methyl sites for hydroxylation is 1. The van der Waals surface area contributed by atoms with E-state index >= 15 is 0 Å². The van der Waals surface area contributed by atoms with E-state index in [0.29, 0.717) is 5.69 Å². The molecule has 0 fully saturated rings. The molecular weight excluding hydrogens is 333 g/mol. The van der Waals surface area contributed by atoms with Crippen molar-refractivity contribution in [1.82, 2.24) is 10.2 Å². The molecule has 0 saturated carbocycles. The molecule has 1 aromatic heterocycles. The topological polar surface area (TPSA) is 75.1 Å². The molecule has 9 heteroatoms. The van der Waals surface area contributed by atoms with Gasteiger partial charge < -0.3 is 9.29 Å². The predicted molar refractivity (Wildman–Crippen MR) is 74.2 cm³/mol. The van der Waals surface area contributed by atoms with E-state index in [0.717, 1.165) is 25.3 Å². The maximum Gasteiger partial charge on any atom is 0.416 e. The minimum Gasteiger partial charge on any atom is -0.605 e. The Kier molecular flexibility index (Phi) is 4.90. The molecule has 0 amide bonds. The summed E-state index contributed by atoms with van der Waals surface area (Å²) in [5.74, 6) is -0.793. The first-order valence-electron chi connectivity index (χ1n) is 6.25. The number of carbonyl (C=O) groups is 1. The highest BCUT2D eigenvalue weighted by atomic mass is 32.2. The molecule has 2 aromatic rings. The molecule has 122 valence electrons. The van der Waals surface area contributed by atoms with Crippen LogP contribution in [-0.4, -0.2) is 27.8 Å². The van der Waals surface area contributed by atoms with Crippen LogP contribution in [0.15, 0.2) is 40.3 Å². The fourth-order valence-electron chi connectivity index (χ4n) is 1.77. The molecule has 5 nitrogen and oxygen atoms in total. The van der Waals surface area contributed by atoms with Crippen molar-refractivity contribution in [2.75, 3.05) is 7.11 Å². The average Bonchev–Trinajstić information content (AvgIpc) is 2.52. The van der Waals surface area contributed by atoms with Crippen LogP contribution in [0.2, 0.25) is 0 Å². The summed E-state index contributed by atoms with van der Waals surface area (Å²) in [5.41, 5.74) is -0.658. The summed E-state index contributed by atoms with van der Waals surface area (Å²) in [7, 11) is 1.13. The molecule has 0 N–H and O–H groups in total. The molecule has 0 unspecified atom stereocenters. The van der Waals surface area contributed by atoms with Gasteiger partial charge in [0.2, 0.25) is 0 Å². The second kappa shape index (κ2) is 6.55. The van der Waals surface area contributed by atoms with Crippen LogP contribution in [-0.2, 0) is 22.1 Å². The van der Waals surface area contributed by atoms with Crippen molar-refractivity contribution >= 4 is 17.1 Å². The van der Waals surface area contributed by atoms with Gasteiger partial charge in [-0.05, 0) is 25.1 Å². The van der Waals surface area contributed by atoms with Crippen molar-refractivity contribution in [2.24, 2.45) is 0 Å². The van der Waals surface area contributed by atoms with Crippen LogP contribution in [0.3, 0.4) is 0 Å². The summed E-state index contributed by atoms with van der Waals surface area (Å²) >= 11 is -2.11. The molecule has 0 aliphatic carbocycles. The summed E-state index contributed by atoms with van der Waals surface area (Å²) < 4.78 is 55.3. The number of rotatable bonds is 3. The number of aromatic nitrogens is 2. The molecule has 0 bridgehead atoms. The molecule has 0 aliphatic rings. The Morgan fingerprint density at radius 1 is 1.26 bits per heavy atom. The number of alkyl halides is 3. The number of esters is 1. The predicted octanol–water partition coefficient (Wildman–Crippen LogP) is 2.76. The van der Waals surface area contributed by atoms with E-state index in [1.165, 1.54) is 12.1 Å². The van der Waals surface area contributed by atoms with Crippen molar-refractivity contribution in [2.45, 2.75) is 23.0 Å². The average molecular weight is 344 g/mol. The van der Waals surface area contributed by atoms with Crippen LogP contribution in [0, 0.1) is 6.92 Å². The summed E-state index contributed by atoms with van der Waals surface area (Å²) in [5, 5.41) is 7.14. The lowest BCUT2D eigenvalue weighted by molar-refractivity contribution is -0.137. The number of halogens is 3. The number of hydrogen-bond donors (Lipinski definition) is 0. The van der Waals surface area contributed by atoms with Crippen LogP contribution in [0.5, 0.6) is 0 Å². The van der Waals surface area contributed by atoms with E-state index < -0.39 is 28.9 Å². The lowest BCUT2D eigenvalue weighted by Gasteiger charge is -2.13. The normalized spacial score (nSPS) is 12.8. The van der Waals surface area contributed by atoms with Crippen molar-refractivity contribution in [3.8, 4) is 0 Å². The Bertz CT molecular complexity index is 737. The first kappa shape index (κ1) is 17.2. The molecule has 2 rings (SSSR count). The fraction of sp³-hybridized carbons (Fsp3) is 0.214. The lowest BCUT2D eigenvalue weighted by Crippen LogP contribution is -2.15. The molecule has 1 aromatic carbocycles. The molecule has 0 spiro atoms. The second-order valence-corrected chi connectivity index (χ2v) is 5.89. The molecular formula is C14H11F3N2O3S. The van der Waals surface area contributed by atoms with Gasteiger partial charge in [-0.2, -0.15) is 18.3 Å². The van der Waals surface area contributed by atoms with Crippen LogP contribution < -0.4 is 0 Å². The highest BCUT2D eigenvalue weighted by Gasteiger charge is 2.33. The minimum atomic E-state index is -4.57. The first-order chi connectivity index (χ1) is 10.7. The Hall–Kier alpha value is -2.13. The van der Waals surface area contributed by atoms with Gasteiger partial charge in [0.1, 0.15) is 5.56 Å². The number of hydrogen-bond acceptors (Lipinski definition) is 5. The van der Waals surface area contributed by atoms with Gasteiger partial charge in [0.25, 0.3) is 5.03 Å². The minimum absolute atomic E-state index is 0.101. The maximum absolute atomic E-state index is 12.7. The third-order valence-corrected chi connectivity index (χ3v) is 4.17. The van der Waals surface area contributed by atoms with Crippen molar-refractivity contribution in [1.29, 1.82) is 0 Å². The van der Waals surface area contributed by atoms with Gasteiger partial charge in [-0.15, -0.1) is 0 Å². The number of methoxy groups -OCH3 is 1. The quantitative estimate of drug-likeness (QED) is 0.632. The smallest absolute Gasteiger partial charge is 0.416 e.